The zero-order chi connectivity index (χ0) is 16.7. The molecule has 0 bridgehead atoms. The van der Waals surface area contributed by atoms with Gasteiger partial charge >= 0.3 is 6.03 Å². The maximum atomic E-state index is 12.0. The van der Waals surface area contributed by atoms with Crippen LogP contribution in [-0.4, -0.2) is 18.4 Å². The Morgan fingerprint density at radius 1 is 0.913 bits per heavy atom. The van der Waals surface area contributed by atoms with Crippen molar-refractivity contribution in [3.63, 3.8) is 0 Å². The van der Waals surface area contributed by atoms with Gasteiger partial charge in [0.25, 0.3) is 0 Å². The van der Waals surface area contributed by atoms with Gasteiger partial charge in [-0.25, -0.2) is 4.79 Å². The van der Waals surface area contributed by atoms with Crippen LogP contribution in [-0.2, 0) is 6.54 Å². The SMILES string of the molecule is Cc1ccc(C(=O)CCNC(=O)NCc2ccccc2C)cc1. The average Bonchev–Trinajstić information content (AvgIpc) is 2.54. The molecular weight excluding hydrogens is 288 g/mol. The second-order valence-corrected chi connectivity index (χ2v) is 5.58. The summed E-state index contributed by atoms with van der Waals surface area (Å²) in [5.74, 6) is 0.0317. The van der Waals surface area contributed by atoms with Gasteiger partial charge < -0.3 is 10.6 Å². The van der Waals surface area contributed by atoms with E-state index in [1.54, 1.807) is 0 Å². The van der Waals surface area contributed by atoms with E-state index in [-0.39, 0.29) is 11.8 Å². The summed E-state index contributed by atoms with van der Waals surface area (Å²) in [6.07, 6.45) is 0.293. The van der Waals surface area contributed by atoms with Gasteiger partial charge in [-0.3, -0.25) is 4.79 Å². The van der Waals surface area contributed by atoms with Crippen LogP contribution in [0, 0.1) is 13.8 Å². The minimum Gasteiger partial charge on any atom is -0.338 e. The van der Waals surface area contributed by atoms with Gasteiger partial charge in [0.15, 0.2) is 5.78 Å². The number of amides is 2. The van der Waals surface area contributed by atoms with Crippen LogP contribution in [0.1, 0.15) is 33.5 Å². The van der Waals surface area contributed by atoms with Gasteiger partial charge in [-0.1, -0.05) is 54.1 Å². The number of ketones is 1. The molecule has 2 aromatic rings. The maximum absolute atomic E-state index is 12.0. The Balaban J connectivity index is 1.71. The van der Waals surface area contributed by atoms with Crippen LogP contribution in [0.25, 0.3) is 0 Å². The van der Waals surface area contributed by atoms with Crippen molar-refractivity contribution >= 4 is 11.8 Å². The van der Waals surface area contributed by atoms with Gasteiger partial charge in [0.2, 0.25) is 0 Å². The Bertz CT molecular complexity index is 678. The fourth-order valence-corrected chi connectivity index (χ4v) is 2.22. The molecular formula is C19H22N2O2. The standard InChI is InChI=1S/C19H22N2O2/c1-14-7-9-16(10-8-14)18(22)11-12-20-19(23)21-13-17-6-4-3-5-15(17)2/h3-10H,11-13H2,1-2H3,(H2,20,21,23). The normalized spacial score (nSPS) is 10.2. The molecule has 0 spiro atoms. The molecule has 0 radical (unpaired) electrons. The number of Topliss-reactive ketones (excluding diaryl/α,β-unsaturated/α-hetero) is 1. The van der Waals surface area contributed by atoms with Crippen LogP contribution in [0.15, 0.2) is 48.5 Å². The third kappa shape index (κ3) is 5.25. The lowest BCUT2D eigenvalue weighted by Crippen LogP contribution is -2.36. The van der Waals surface area contributed by atoms with Crippen molar-refractivity contribution in [2.24, 2.45) is 0 Å². The van der Waals surface area contributed by atoms with Crippen LogP contribution in [0.4, 0.5) is 4.79 Å². The topological polar surface area (TPSA) is 58.2 Å². The Kier molecular flexibility index (Phi) is 5.92. The number of benzene rings is 2. The highest BCUT2D eigenvalue weighted by Gasteiger charge is 2.07. The molecule has 0 aliphatic rings. The molecule has 0 aliphatic carbocycles. The van der Waals surface area contributed by atoms with Crippen molar-refractivity contribution in [1.82, 2.24) is 10.6 Å². The lowest BCUT2D eigenvalue weighted by atomic mass is 10.1. The van der Waals surface area contributed by atoms with Gasteiger partial charge in [-0.05, 0) is 25.0 Å². The van der Waals surface area contributed by atoms with E-state index in [1.165, 1.54) is 0 Å². The van der Waals surface area contributed by atoms with Crippen molar-refractivity contribution in [3.8, 4) is 0 Å². The van der Waals surface area contributed by atoms with Gasteiger partial charge in [0.1, 0.15) is 0 Å². The lowest BCUT2D eigenvalue weighted by Gasteiger charge is -2.09. The molecule has 0 heterocycles. The zero-order valence-electron chi connectivity index (χ0n) is 13.6. The molecule has 0 aliphatic heterocycles. The van der Waals surface area contributed by atoms with Crippen LogP contribution in [0.3, 0.4) is 0 Å². The van der Waals surface area contributed by atoms with Gasteiger partial charge in [-0.15, -0.1) is 0 Å². The fourth-order valence-electron chi connectivity index (χ4n) is 2.22. The van der Waals surface area contributed by atoms with E-state index >= 15 is 0 Å². The molecule has 4 nitrogen and oxygen atoms in total. The largest absolute Gasteiger partial charge is 0.338 e. The molecule has 2 amide bonds. The number of carbonyl (C=O) groups excluding carboxylic acids is 2. The zero-order valence-corrected chi connectivity index (χ0v) is 13.6. The first-order chi connectivity index (χ1) is 11.1. The molecule has 2 N–H and O–H groups in total. The summed E-state index contributed by atoms with van der Waals surface area (Å²) in [4.78, 5) is 23.7. The first-order valence-corrected chi connectivity index (χ1v) is 7.72. The fraction of sp³-hybridized carbons (Fsp3) is 0.263. The van der Waals surface area contributed by atoms with E-state index in [9.17, 15) is 9.59 Å². The predicted molar refractivity (Wildman–Crippen MR) is 91.5 cm³/mol. The molecule has 120 valence electrons. The van der Waals surface area contributed by atoms with Crippen molar-refractivity contribution in [2.45, 2.75) is 26.8 Å². The van der Waals surface area contributed by atoms with Crippen molar-refractivity contribution in [1.29, 1.82) is 0 Å². The lowest BCUT2D eigenvalue weighted by molar-refractivity contribution is 0.0983. The summed E-state index contributed by atoms with van der Waals surface area (Å²) in [6.45, 7) is 4.79. The van der Waals surface area contributed by atoms with E-state index in [0.29, 0.717) is 25.1 Å². The quantitative estimate of drug-likeness (QED) is 0.804. The Hall–Kier alpha value is -2.62. The van der Waals surface area contributed by atoms with Gasteiger partial charge in [0.05, 0.1) is 0 Å². The number of nitrogens with one attached hydrogen (secondary N) is 2. The van der Waals surface area contributed by atoms with E-state index in [1.807, 2.05) is 62.4 Å². The number of hydrogen-bond donors (Lipinski definition) is 2. The second-order valence-electron chi connectivity index (χ2n) is 5.58. The molecule has 0 saturated carbocycles. The summed E-state index contributed by atoms with van der Waals surface area (Å²) < 4.78 is 0. The van der Waals surface area contributed by atoms with E-state index in [2.05, 4.69) is 10.6 Å². The molecule has 0 atom stereocenters. The minimum atomic E-state index is -0.259. The molecule has 0 fully saturated rings. The van der Waals surface area contributed by atoms with Crippen LogP contribution >= 0.6 is 0 Å². The molecule has 0 unspecified atom stereocenters. The third-order valence-electron chi connectivity index (χ3n) is 3.71. The minimum absolute atomic E-state index is 0.0317. The number of urea groups is 1. The number of rotatable bonds is 6. The molecule has 23 heavy (non-hydrogen) atoms. The first kappa shape index (κ1) is 16.7. The monoisotopic (exact) mass is 310 g/mol. The number of hydrogen-bond acceptors (Lipinski definition) is 2. The maximum Gasteiger partial charge on any atom is 0.315 e. The highest BCUT2D eigenvalue weighted by molar-refractivity contribution is 5.96. The van der Waals surface area contributed by atoms with E-state index < -0.39 is 0 Å². The van der Waals surface area contributed by atoms with Crippen LogP contribution in [0.2, 0.25) is 0 Å². The summed E-state index contributed by atoms with van der Waals surface area (Å²) in [5, 5.41) is 5.51. The van der Waals surface area contributed by atoms with Crippen LogP contribution < -0.4 is 10.6 Å². The van der Waals surface area contributed by atoms with Gasteiger partial charge in [-0.2, -0.15) is 0 Å². The summed E-state index contributed by atoms with van der Waals surface area (Å²) in [5.41, 5.74) is 4.02. The Labute approximate surface area is 136 Å². The summed E-state index contributed by atoms with van der Waals surface area (Å²) in [6, 6.07) is 15.1. The van der Waals surface area contributed by atoms with Crippen molar-refractivity contribution in [2.75, 3.05) is 6.54 Å². The Morgan fingerprint density at radius 2 is 1.61 bits per heavy atom. The molecule has 2 rings (SSSR count). The smallest absolute Gasteiger partial charge is 0.315 e. The number of aryl methyl sites for hydroxylation is 2. The van der Waals surface area contributed by atoms with E-state index in [4.69, 9.17) is 0 Å². The molecule has 0 aromatic heterocycles. The van der Waals surface area contributed by atoms with Crippen LogP contribution in [0.5, 0.6) is 0 Å². The third-order valence-corrected chi connectivity index (χ3v) is 3.71. The molecule has 0 saturated heterocycles. The second kappa shape index (κ2) is 8.13. The summed E-state index contributed by atoms with van der Waals surface area (Å²) >= 11 is 0. The average molecular weight is 310 g/mol. The van der Waals surface area contributed by atoms with Crippen molar-refractivity contribution in [3.05, 3.63) is 70.8 Å². The number of carbonyl (C=O) groups is 2. The van der Waals surface area contributed by atoms with E-state index in [0.717, 1.165) is 16.7 Å². The molecule has 4 heteroatoms. The van der Waals surface area contributed by atoms with Crippen molar-refractivity contribution < 1.29 is 9.59 Å². The first-order valence-electron chi connectivity index (χ1n) is 7.72. The predicted octanol–water partition coefficient (Wildman–Crippen LogP) is 3.38. The van der Waals surface area contributed by atoms with Gasteiger partial charge in [0, 0.05) is 25.1 Å². The highest BCUT2D eigenvalue weighted by Crippen LogP contribution is 2.06. The highest BCUT2D eigenvalue weighted by atomic mass is 16.2. The Morgan fingerprint density at radius 3 is 2.30 bits per heavy atom. The summed E-state index contributed by atoms with van der Waals surface area (Å²) in [7, 11) is 0. The molecule has 2 aromatic carbocycles.